The first-order chi connectivity index (χ1) is 8.24. The fraction of sp³-hybridized carbons (Fsp3) is 0.222. The number of nitrogens with one attached hydrogen (secondary N) is 1. The third kappa shape index (κ3) is 4.02. The van der Waals surface area contributed by atoms with E-state index in [4.69, 9.17) is 29.0 Å². The minimum absolute atomic E-state index is 0.193. The van der Waals surface area contributed by atoms with Crippen molar-refractivity contribution < 1.29 is 13.2 Å². The van der Waals surface area contributed by atoms with Crippen LogP contribution in [0.15, 0.2) is 18.2 Å². The SMILES string of the molecule is CS(=O)(=O)N(CC(=O)NN)c1cc(Cl)cc(Cl)c1. The topological polar surface area (TPSA) is 92.5 Å². The van der Waals surface area contributed by atoms with Crippen molar-refractivity contribution in [3.05, 3.63) is 28.2 Å². The van der Waals surface area contributed by atoms with E-state index < -0.39 is 22.5 Å². The molecular weight excluding hydrogens is 301 g/mol. The molecule has 3 N–H and O–H groups in total. The number of nitrogens with two attached hydrogens (primary N) is 1. The molecule has 0 aliphatic rings. The molecule has 0 aliphatic carbocycles. The fourth-order valence-electron chi connectivity index (χ4n) is 1.26. The lowest BCUT2D eigenvalue weighted by atomic mass is 10.3. The maximum atomic E-state index is 11.6. The van der Waals surface area contributed by atoms with Gasteiger partial charge in [-0.15, -0.1) is 0 Å². The number of carbonyl (C=O) groups is 1. The Hall–Kier alpha value is -1.02. The Kier molecular flexibility index (Phi) is 4.80. The van der Waals surface area contributed by atoms with E-state index in [1.165, 1.54) is 18.2 Å². The summed E-state index contributed by atoms with van der Waals surface area (Å²) in [6.45, 7) is -0.452. The molecule has 0 heterocycles. The number of halogens is 2. The van der Waals surface area contributed by atoms with Gasteiger partial charge in [0.2, 0.25) is 10.0 Å². The van der Waals surface area contributed by atoms with Gasteiger partial charge in [0.05, 0.1) is 11.9 Å². The first kappa shape index (κ1) is 15.0. The molecule has 1 amide bonds. The van der Waals surface area contributed by atoms with Crippen molar-refractivity contribution >= 4 is 44.8 Å². The van der Waals surface area contributed by atoms with Crippen molar-refractivity contribution in [3.63, 3.8) is 0 Å². The van der Waals surface area contributed by atoms with Gasteiger partial charge in [-0.05, 0) is 18.2 Å². The third-order valence-electron chi connectivity index (χ3n) is 1.98. The molecule has 1 aromatic carbocycles. The first-order valence-electron chi connectivity index (χ1n) is 4.67. The molecule has 100 valence electrons. The maximum Gasteiger partial charge on any atom is 0.254 e. The quantitative estimate of drug-likeness (QED) is 0.487. The normalized spacial score (nSPS) is 11.1. The molecule has 0 saturated heterocycles. The van der Waals surface area contributed by atoms with Gasteiger partial charge in [-0.25, -0.2) is 14.3 Å². The Labute approximate surface area is 115 Å². The van der Waals surface area contributed by atoms with Gasteiger partial charge in [0.1, 0.15) is 6.54 Å². The monoisotopic (exact) mass is 311 g/mol. The van der Waals surface area contributed by atoms with E-state index in [1.54, 1.807) is 0 Å². The second-order valence-electron chi connectivity index (χ2n) is 3.46. The summed E-state index contributed by atoms with van der Waals surface area (Å²) in [6.07, 6.45) is 0.964. The lowest BCUT2D eigenvalue weighted by Gasteiger charge is -2.21. The minimum Gasteiger partial charge on any atom is -0.293 e. The van der Waals surface area contributed by atoms with E-state index in [-0.39, 0.29) is 15.7 Å². The van der Waals surface area contributed by atoms with Gasteiger partial charge in [0.15, 0.2) is 0 Å². The number of amides is 1. The molecule has 18 heavy (non-hydrogen) atoms. The molecule has 1 aromatic rings. The van der Waals surface area contributed by atoms with E-state index in [9.17, 15) is 13.2 Å². The zero-order valence-electron chi connectivity index (χ0n) is 9.35. The van der Waals surface area contributed by atoms with Crippen LogP contribution in [0.3, 0.4) is 0 Å². The standard InChI is InChI=1S/C9H11Cl2N3O3S/c1-18(16,17)14(5-9(15)13-12)8-3-6(10)2-7(11)4-8/h2-4H,5,12H2,1H3,(H,13,15). The van der Waals surface area contributed by atoms with Gasteiger partial charge in [-0.3, -0.25) is 14.5 Å². The Bertz CT molecular complexity index is 542. The summed E-state index contributed by atoms with van der Waals surface area (Å²) in [5.74, 6) is 4.27. The van der Waals surface area contributed by atoms with Crippen molar-refractivity contribution in [2.24, 2.45) is 5.84 Å². The minimum atomic E-state index is -3.66. The van der Waals surface area contributed by atoms with Crippen LogP contribution in [0.5, 0.6) is 0 Å². The van der Waals surface area contributed by atoms with Gasteiger partial charge in [0, 0.05) is 10.0 Å². The molecule has 0 radical (unpaired) electrons. The zero-order valence-corrected chi connectivity index (χ0v) is 11.7. The molecule has 0 unspecified atom stereocenters. The number of hydrogen-bond acceptors (Lipinski definition) is 4. The summed E-state index contributed by atoms with van der Waals surface area (Å²) in [4.78, 5) is 11.2. The summed E-state index contributed by atoms with van der Waals surface area (Å²) in [5, 5.41) is 0.526. The van der Waals surface area contributed by atoms with Gasteiger partial charge < -0.3 is 0 Å². The van der Waals surface area contributed by atoms with Crippen molar-refractivity contribution in [1.82, 2.24) is 5.43 Å². The first-order valence-corrected chi connectivity index (χ1v) is 7.27. The number of anilines is 1. The number of hydrogen-bond donors (Lipinski definition) is 2. The van der Waals surface area contributed by atoms with Crippen molar-refractivity contribution in [1.29, 1.82) is 0 Å². The molecule has 0 saturated carbocycles. The third-order valence-corrected chi connectivity index (χ3v) is 3.56. The van der Waals surface area contributed by atoms with E-state index in [1.807, 2.05) is 5.43 Å². The second kappa shape index (κ2) is 5.75. The van der Waals surface area contributed by atoms with E-state index in [0.29, 0.717) is 0 Å². The average molecular weight is 312 g/mol. The van der Waals surface area contributed by atoms with Crippen molar-refractivity contribution in [2.75, 3.05) is 17.1 Å². The highest BCUT2D eigenvalue weighted by molar-refractivity contribution is 7.92. The van der Waals surface area contributed by atoms with Crippen LogP contribution in [0.4, 0.5) is 5.69 Å². The highest BCUT2D eigenvalue weighted by Crippen LogP contribution is 2.26. The summed E-state index contributed by atoms with van der Waals surface area (Å²) in [5.41, 5.74) is 2.05. The fourth-order valence-corrected chi connectivity index (χ4v) is 2.61. The van der Waals surface area contributed by atoms with Crippen molar-refractivity contribution in [2.45, 2.75) is 0 Å². The molecule has 0 aliphatic heterocycles. The zero-order chi connectivity index (χ0) is 13.9. The Morgan fingerprint density at radius 1 is 1.33 bits per heavy atom. The molecule has 0 fully saturated rings. The Morgan fingerprint density at radius 2 is 1.83 bits per heavy atom. The number of benzene rings is 1. The molecule has 6 nitrogen and oxygen atoms in total. The van der Waals surface area contributed by atoms with Crippen LogP contribution in [0.25, 0.3) is 0 Å². The molecule has 0 aromatic heterocycles. The van der Waals surface area contributed by atoms with Gasteiger partial charge in [-0.2, -0.15) is 0 Å². The number of carbonyl (C=O) groups excluding carboxylic acids is 1. The van der Waals surface area contributed by atoms with E-state index in [2.05, 4.69) is 0 Å². The predicted molar refractivity (Wildman–Crippen MR) is 71.0 cm³/mol. The number of sulfonamides is 1. The molecule has 0 spiro atoms. The molecule has 0 bridgehead atoms. The number of nitrogens with zero attached hydrogens (tertiary/aromatic N) is 1. The van der Waals surface area contributed by atoms with E-state index in [0.717, 1.165) is 10.6 Å². The van der Waals surface area contributed by atoms with Gasteiger partial charge in [-0.1, -0.05) is 23.2 Å². The number of rotatable bonds is 4. The lowest BCUT2D eigenvalue weighted by Crippen LogP contribution is -2.42. The molecular formula is C9H11Cl2N3O3S. The highest BCUT2D eigenvalue weighted by atomic mass is 35.5. The Balaban J connectivity index is 3.22. The van der Waals surface area contributed by atoms with Crippen LogP contribution >= 0.6 is 23.2 Å². The summed E-state index contributed by atoms with van der Waals surface area (Å²) in [6, 6.07) is 4.23. The summed E-state index contributed by atoms with van der Waals surface area (Å²) >= 11 is 11.6. The van der Waals surface area contributed by atoms with E-state index >= 15 is 0 Å². The van der Waals surface area contributed by atoms with Crippen LogP contribution in [0.1, 0.15) is 0 Å². The van der Waals surface area contributed by atoms with Crippen LogP contribution in [-0.2, 0) is 14.8 Å². The smallest absolute Gasteiger partial charge is 0.254 e. The largest absolute Gasteiger partial charge is 0.293 e. The second-order valence-corrected chi connectivity index (χ2v) is 6.24. The molecule has 1 rings (SSSR count). The lowest BCUT2D eigenvalue weighted by molar-refractivity contribution is -0.119. The predicted octanol–water partition coefficient (Wildman–Crippen LogP) is 0.749. The Morgan fingerprint density at radius 3 is 2.22 bits per heavy atom. The molecule has 0 atom stereocenters. The van der Waals surface area contributed by atoms with Crippen LogP contribution in [0, 0.1) is 0 Å². The summed E-state index contributed by atoms with van der Waals surface area (Å²) in [7, 11) is -3.66. The van der Waals surface area contributed by atoms with Gasteiger partial charge >= 0.3 is 0 Å². The molecule has 9 heteroatoms. The summed E-state index contributed by atoms with van der Waals surface area (Å²) < 4.78 is 24.1. The number of hydrazine groups is 1. The van der Waals surface area contributed by atoms with Crippen molar-refractivity contribution in [3.8, 4) is 0 Å². The highest BCUT2D eigenvalue weighted by Gasteiger charge is 2.21. The van der Waals surface area contributed by atoms with Crippen LogP contribution < -0.4 is 15.6 Å². The van der Waals surface area contributed by atoms with Crippen LogP contribution in [-0.4, -0.2) is 27.1 Å². The van der Waals surface area contributed by atoms with Crippen LogP contribution in [0.2, 0.25) is 10.0 Å². The maximum absolute atomic E-state index is 11.6. The average Bonchev–Trinajstić information content (AvgIpc) is 2.22. The van der Waals surface area contributed by atoms with Gasteiger partial charge in [0.25, 0.3) is 5.91 Å².